The number of carbonyl (C=O) groups excluding carboxylic acids is 1. The summed E-state index contributed by atoms with van der Waals surface area (Å²) in [7, 11) is 0. The Morgan fingerprint density at radius 2 is 1.82 bits per heavy atom. The number of pyridine rings is 1. The van der Waals surface area contributed by atoms with Gasteiger partial charge in [0, 0.05) is 43.8 Å². The summed E-state index contributed by atoms with van der Waals surface area (Å²) in [5.41, 5.74) is 5.03. The molecule has 2 aliphatic heterocycles. The zero-order valence-corrected chi connectivity index (χ0v) is 23.1. The fraction of sp³-hybridized carbons (Fsp3) is 0.567. The van der Waals surface area contributed by atoms with Gasteiger partial charge in [-0.05, 0) is 56.4 Å². The molecule has 2 amide bonds. The summed E-state index contributed by atoms with van der Waals surface area (Å²) in [5.74, 6) is 0.976. The molecule has 1 saturated carbocycles. The molecule has 2 aromatic rings. The van der Waals surface area contributed by atoms with Crippen molar-refractivity contribution in [1.82, 2.24) is 15.3 Å². The van der Waals surface area contributed by atoms with E-state index in [4.69, 9.17) is 14.8 Å². The van der Waals surface area contributed by atoms with Crippen molar-refractivity contribution >= 4 is 28.9 Å². The Hall–Kier alpha value is -2.97. The Labute approximate surface area is 226 Å². The van der Waals surface area contributed by atoms with Gasteiger partial charge in [-0.15, -0.1) is 0 Å². The highest BCUT2D eigenvalue weighted by molar-refractivity contribution is 6.13. The number of hydrazone groups is 1. The van der Waals surface area contributed by atoms with E-state index in [2.05, 4.69) is 49.6 Å². The molecule has 8 nitrogen and oxygen atoms in total. The smallest absolute Gasteiger partial charge is 0.351 e. The molecule has 1 aliphatic carbocycles. The van der Waals surface area contributed by atoms with Crippen LogP contribution in [0.5, 0.6) is 0 Å². The van der Waals surface area contributed by atoms with Crippen LogP contribution < -0.4 is 15.5 Å². The third-order valence-electron chi connectivity index (χ3n) is 7.79. The Balaban J connectivity index is 1.51. The Morgan fingerprint density at radius 3 is 2.53 bits per heavy atom. The van der Waals surface area contributed by atoms with E-state index < -0.39 is 0 Å². The number of urea groups is 1. The van der Waals surface area contributed by atoms with Gasteiger partial charge in [0.1, 0.15) is 5.82 Å². The molecule has 1 aromatic carbocycles. The fourth-order valence-corrected chi connectivity index (χ4v) is 5.72. The fourth-order valence-electron chi connectivity index (χ4n) is 5.72. The summed E-state index contributed by atoms with van der Waals surface area (Å²) in [4.78, 5) is 20.9. The highest BCUT2D eigenvalue weighted by Gasteiger charge is 2.38. The number of nitrogens with zero attached hydrogens (tertiary/aromatic N) is 4. The summed E-state index contributed by atoms with van der Waals surface area (Å²) in [6.07, 6.45) is 9.33. The van der Waals surface area contributed by atoms with Crippen LogP contribution in [-0.4, -0.2) is 60.1 Å². The summed E-state index contributed by atoms with van der Waals surface area (Å²) < 4.78 is 5.63. The van der Waals surface area contributed by atoms with Crippen LogP contribution in [0.2, 0.25) is 0 Å². The van der Waals surface area contributed by atoms with Crippen LogP contribution in [0.1, 0.15) is 69.9 Å². The van der Waals surface area contributed by atoms with Crippen LogP contribution in [0.15, 0.2) is 41.6 Å². The van der Waals surface area contributed by atoms with Crippen LogP contribution >= 0.6 is 0 Å². The molecule has 3 heterocycles. The average molecular weight is 519 g/mol. The predicted molar refractivity (Wildman–Crippen MR) is 153 cm³/mol. The average Bonchev–Trinajstić information content (AvgIpc) is 3.06. The maximum Gasteiger partial charge on any atom is 0.351 e. The maximum absolute atomic E-state index is 14.3. The van der Waals surface area contributed by atoms with E-state index in [0.717, 1.165) is 67.0 Å². The van der Waals surface area contributed by atoms with Crippen molar-refractivity contribution in [1.29, 1.82) is 0 Å². The van der Waals surface area contributed by atoms with E-state index >= 15 is 0 Å². The second kappa shape index (κ2) is 12.3. The highest BCUT2D eigenvalue weighted by atomic mass is 16.5. The Kier molecular flexibility index (Phi) is 8.59. The number of anilines is 3. The number of rotatable bonds is 8. The third-order valence-corrected chi connectivity index (χ3v) is 7.79. The summed E-state index contributed by atoms with van der Waals surface area (Å²) in [5, 5.41) is 13.8. The number of fused-ring (bicyclic) bond motifs is 1. The number of amides is 2. The molecule has 38 heavy (non-hydrogen) atoms. The first kappa shape index (κ1) is 26.6. The van der Waals surface area contributed by atoms with E-state index in [1.54, 1.807) is 9.91 Å². The normalized spacial score (nSPS) is 19.4. The van der Waals surface area contributed by atoms with Crippen molar-refractivity contribution in [3.05, 3.63) is 47.7 Å². The molecule has 0 unspecified atom stereocenters. The lowest BCUT2D eigenvalue weighted by atomic mass is 9.82. The molecule has 1 aromatic heterocycles. The highest BCUT2D eigenvalue weighted by Crippen LogP contribution is 2.38. The minimum absolute atomic E-state index is 0.0159. The molecule has 5 rings (SSSR count). The zero-order valence-electron chi connectivity index (χ0n) is 23.1. The van der Waals surface area contributed by atoms with Crippen molar-refractivity contribution in [2.75, 3.05) is 36.5 Å². The monoisotopic (exact) mass is 518 g/mol. The lowest BCUT2D eigenvalue weighted by Crippen LogP contribution is -2.45. The van der Waals surface area contributed by atoms with Crippen molar-refractivity contribution in [2.24, 2.45) is 11.0 Å². The number of carbonyl (C=O) groups is 1. The molecular weight excluding hydrogens is 476 g/mol. The number of ether oxygens (including phenoxy) is 1. The second-order valence-corrected chi connectivity index (χ2v) is 11.1. The zero-order chi connectivity index (χ0) is 26.5. The summed E-state index contributed by atoms with van der Waals surface area (Å²) >= 11 is 0. The van der Waals surface area contributed by atoms with Gasteiger partial charge < -0.3 is 15.4 Å². The van der Waals surface area contributed by atoms with Crippen LogP contribution in [0.25, 0.3) is 0 Å². The molecule has 0 spiro atoms. The minimum Gasteiger partial charge on any atom is -0.383 e. The first-order valence-corrected chi connectivity index (χ1v) is 14.3. The molecule has 2 fully saturated rings. The largest absolute Gasteiger partial charge is 0.383 e. The van der Waals surface area contributed by atoms with Gasteiger partial charge in [-0.25, -0.2) is 19.7 Å². The second-order valence-electron chi connectivity index (χ2n) is 11.1. The molecule has 8 heteroatoms. The van der Waals surface area contributed by atoms with Crippen molar-refractivity contribution < 1.29 is 9.53 Å². The van der Waals surface area contributed by atoms with Crippen LogP contribution in [0.4, 0.5) is 22.0 Å². The quantitative estimate of drug-likeness (QED) is 0.429. The van der Waals surface area contributed by atoms with E-state index in [1.165, 1.54) is 19.3 Å². The molecule has 2 N–H and O–H groups in total. The van der Waals surface area contributed by atoms with E-state index in [-0.39, 0.29) is 12.1 Å². The summed E-state index contributed by atoms with van der Waals surface area (Å²) in [6.45, 7) is 9.34. The minimum atomic E-state index is -0.135. The van der Waals surface area contributed by atoms with Gasteiger partial charge in [-0.3, -0.25) is 0 Å². The molecular formula is C30H42N6O2. The third kappa shape index (κ3) is 6.02. The standard InChI is InChI=1S/C30H42N6O2/c1-21(2)31-15-16-32-24-10-12-28(33-20-24)35-27-19-22(3)9-11-26(27)29(23-7-5-4-6-8-23)34-36(30(35)37)25-13-17-38-18-14-25/h9-12,19-21,23,25,31-32H,4-8,13-18H2,1-3H3. The lowest BCUT2D eigenvalue weighted by molar-refractivity contribution is 0.0480. The number of aromatic nitrogens is 1. The van der Waals surface area contributed by atoms with Crippen molar-refractivity contribution in [3.63, 3.8) is 0 Å². The number of hydrogen-bond donors (Lipinski definition) is 2. The number of aryl methyl sites for hydroxylation is 1. The number of nitrogens with one attached hydrogen (secondary N) is 2. The van der Waals surface area contributed by atoms with Gasteiger partial charge in [0.05, 0.1) is 29.3 Å². The molecule has 0 bridgehead atoms. The number of hydrogen-bond acceptors (Lipinski definition) is 6. The van der Waals surface area contributed by atoms with Crippen LogP contribution in [0, 0.1) is 12.8 Å². The van der Waals surface area contributed by atoms with Gasteiger partial charge in [-0.2, -0.15) is 5.10 Å². The van der Waals surface area contributed by atoms with Gasteiger partial charge in [0.25, 0.3) is 0 Å². The SMILES string of the molecule is Cc1ccc2c(c1)N(c1ccc(NCCNC(C)C)cn1)C(=O)N(C1CCOCC1)N=C2C1CCCCC1. The number of benzene rings is 1. The van der Waals surface area contributed by atoms with Crippen LogP contribution in [0.3, 0.4) is 0 Å². The first-order chi connectivity index (χ1) is 18.5. The van der Waals surface area contributed by atoms with Gasteiger partial charge in [0.2, 0.25) is 0 Å². The van der Waals surface area contributed by atoms with Gasteiger partial charge in [0.15, 0.2) is 0 Å². The van der Waals surface area contributed by atoms with E-state index in [1.807, 2.05) is 18.3 Å². The lowest BCUT2D eigenvalue weighted by Gasteiger charge is -2.33. The maximum atomic E-state index is 14.3. The molecule has 0 atom stereocenters. The predicted octanol–water partition coefficient (Wildman–Crippen LogP) is 5.84. The topological polar surface area (TPSA) is 82.1 Å². The molecule has 3 aliphatic rings. The van der Waals surface area contributed by atoms with Gasteiger partial charge >= 0.3 is 6.03 Å². The molecule has 1 saturated heterocycles. The van der Waals surface area contributed by atoms with E-state index in [9.17, 15) is 4.79 Å². The van der Waals surface area contributed by atoms with Crippen LogP contribution in [-0.2, 0) is 4.74 Å². The molecule has 0 radical (unpaired) electrons. The van der Waals surface area contributed by atoms with Crippen molar-refractivity contribution in [2.45, 2.75) is 77.8 Å². The Morgan fingerprint density at radius 1 is 1.03 bits per heavy atom. The van der Waals surface area contributed by atoms with E-state index in [0.29, 0.717) is 31.0 Å². The molecule has 204 valence electrons. The summed E-state index contributed by atoms with van der Waals surface area (Å²) in [6, 6.07) is 10.7. The van der Waals surface area contributed by atoms with Crippen molar-refractivity contribution in [3.8, 4) is 0 Å². The van der Waals surface area contributed by atoms with Gasteiger partial charge in [-0.1, -0.05) is 45.2 Å². The first-order valence-electron chi connectivity index (χ1n) is 14.3. The Bertz CT molecular complexity index is 1120.